The number of aromatic nitrogens is 1. The van der Waals surface area contributed by atoms with Gasteiger partial charge in [-0.1, -0.05) is 48.5 Å². The first kappa shape index (κ1) is 19.3. The molecule has 32 heavy (non-hydrogen) atoms. The van der Waals surface area contributed by atoms with Crippen molar-refractivity contribution in [2.75, 3.05) is 0 Å². The molecule has 0 saturated heterocycles. The summed E-state index contributed by atoms with van der Waals surface area (Å²) in [5.74, 6) is 0. The number of hydrogen-bond acceptors (Lipinski definition) is 4. The fourth-order valence-corrected chi connectivity index (χ4v) is 4.16. The number of pyridine rings is 1. The molecule has 4 aromatic carbocycles. The maximum atomic E-state index is 12.9. The zero-order valence-corrected chi connectivity index (χ0v) is 16.7. The van der Waals surface area contributed by atoms with E-state index in [9.17, 15) is 19.8 Å². The second-order valence-corrected chi connectivity index (χ2v) is 7.36. The van der Waals surface area contributed by atoms with Crippen LogP contribution < -0.4 is 10.7 Å². The number of fused-ring (bicyclic) bond motifs is 3. The Bertz CT molecular complexity index is 1600. The zero-order chi connectivity index (χ0) is 22.2. The Morgan fingerprint density at radius 2 is 1.50 bits per heavy atom. The van der Waals surface area contributed by atoms with Crippen LogP contribution in [0.4, 0.5) is 11.4 Å². The molecule has 0 unspecified atom stereocenters. The first-order chi connectivity index (χ1) is 15.6. The first-order valence-electron chi connectivity index (χ1n) is 9.88. The average molecular weight is 422 g/mol. The molecule has 5 rings (SSSR count). The van der Waals surface area contributed by atoms with Gasteiger partial charge in [0, 0.05) is 43.9 Å². The molecule has 0 atom stereocenters. The summed E-state index contributed by atoms with van der Waals surface area (Å²) >= 11 is 0. The summed E-state index contributed by atoms with van der Waals surface area (Å²) in [5.41, 5.74) is 3.20. The maximum Gasteiger partial charge on any atom is 0.277 e. The van der Waals surface area contributed by atoms with E-state index in [-0.39, 0.29) is 11.2 Å². The van der Waals surface area contributed by atoms with E-state index < -0.39 is 4.92 Å². The predicted octanol–water partition coefficient (Wildman–Crippen LogP) is 4.40. The van der Waals surface area contributed by atoms with Crippen LogP contribution in [0.25, 0.3) is 43.9 Å². The van der Waals surface area contributed by atoms with Crippen molar-refractivity contribution in [3.63, 3.8) is 0 Å². The van der Waals surface area contributed by atoms with Crippen LogP contribution in [0.1, 0.15) is 0 Å². The lowest BCUT2D eigenvalue weighted by molar-refractivity contribution is -0.384. The number of nitrogens with one attached hydrogen (secondary N) is 2. The van der Waals surface area contributed by atoms with Crippen molar-refractivity contribution in [2.24, 2.45) is 0 Å². The Labute approximate surface area is 181 Å². The van der Waals surface area contributed by atoms with E-state index in [4.69, 9.17) is 0 Å². The van der Waals surface area contributed by atoms with Gasteiger partial charge in [0.1, 0.15) is 0 Å². The van der Waals surface area contributed by atoms with E-state index in [1.54, 1.807) is 48.5 Å². The average Bonchev–Trinajstić information content (AvgIpc) is 2.83. The number of aromatic amines is 1. The quantitative estimate of drug-likeness (QED) is 0.254. The first-order valence-corrected chi connectivity index (χ1v) is 9.88. The molecule has 2 N–H and O–H groups in total. The molecule has 1 heterocycles. The van der Waals surface area contributed by atoms with E-state index in [0.717, 1.165) is 10.9 Å². The molecule has 7 heteroatoms. The third-order valence-electron chi connectivity index (χ3n) is 5.59. The lowest BCUT2D eigenvalue weighted by Gasteiger charge is -2.11. The van der Waals surface area contributed by atoms with Crippen LogP contribution in [0.5, 0.6) is 0 Å². The van der Waals surface area contributed by atoms with Gasteiger partial charge in [0.05, 0.1) is 16.1 Å². The molecule has 0 aliphatic rings. The molecule has 5 aromatic rings. The van der Waals surface area contributed by atoms with Crippen molar-refractivity contribution in [1.82, 2.24) is 4.98 Å². The number of rotatable bonds is 4. The third kappa shape index (κ3) is 3.04. The van der Waals surface area contributed by atoms with Crippen LogP contribution in [0, 0.1) is 15.0 Å². The van der Waals surface area contributed by atoms with E-state index in [1.165, 1.54) is 6.07 Å². The molecule has 0 aliphatic heterocycles. The minimum Gasteiger partial charge on any atom is -0.321 e. The van der Waals surface area contributed by atoms with Crippen molar-refractivity contribution in [1.29, 1.82) is 0 Å². The molecule has 0 saturated carbocycles. The van der Waals surface area contributed by atoms with Gasteiger partial charge in [0.15, 0.2) is 0 Å². The van der Waals surface area contributed by atoms with Crippen molar-refractivity contribution in [3.8, 4) is 22.3 Å². The van der Waals surface area contributed by atoms with Gasteiger partial charge in [-0.05, 0) is 35.4 Å². The molecule has 0 fully saturated rings. The molecule has 0 aliphatic carbocycles. The van der Waals surface area contributed by atoms with Gasteiger partial charge in [-0.3, -0.25) is 14.9 Å². The molecule has 1 aromatic heterocycles. The van der Waals surface area contributed by atoms with Crippen LogP contribution >= 0.6 is 0 Å². The van der Waals surface area contributed by atoms with E-state index in [2.05, 4.69) is 4.98 Å². The molecule has 0 bridgehead atoms. The van der Waals surface area contributed by atoms with Gasteiger partial charge < -0.3 is 4.98 Å². The summed E-state index contributed by atoms with van der Waals surface area (Å²) in [7, 11) is 0. The Balaban J connectivity index is 1.85. The lowest BCUT2D eigenvalue weighted by Crippen LogP contribution is -2.56. The van der Waals surface area contributed by atoms with E-state index >= 15 is 0 Å². The maximum absolute atomic E-state index is 12.9. The summed E-state index contributed by atoms with van der Waals surface area (Å²) in [4.78, 5) is 38.4. The molecular formula is C25H16N3O4+. The SMILES string of the molecule is O=[NH+]c1ccccc1-c1ccc2c(c1)[nH]c(=O)c1cccc(-c3ccccc3[N+](=O)[O-])c12. The second-order valence-electron chi connectivity index (χ2n) is 7.36. The summed E-state index contributed by atoms with van der Waals surface area (Å²) in [5, 5.41) is 15.4. The molecule has 0 radical (unpaired) electrons. The number of nitrogens with zero attached hydrogens (tertiary/aromatic N) is 1. The fourth-order valence-electron chi connectivity index (χ4n) is 4.16. The van der Waals surface area contributed by atoms with Crippen molar-refractivity contribution >= 4 is 33.1 Å². The Morgan fingerprint density at radius 3 is 2.28 bits per heavy atom. The van der Waals surface area contributed by atoms with Crippen LogP contribution in [-0.2, 0) is 0 Å². The third-order valence-corrected chi connectivity index (χ3v) is 5.59. The van der Waals surface area contributed by atoms with Gasteiger partial charge >= 0.3 is 0 Å². The number of H-pyrrole nitrogens is 1. The highest BCUT2D eigenvalue weighted by atomic mass is 16.6. The number of nitro groups is 1. The highest BCUT2D eigenvalue weighted by molar-refractivity contribution is 6.14. The zero-order valence-electron chi connectivity index (χ0n) is 16.7. The molecule has 0 spiro atoms. The highest BCUT2D eigenvalue weighted by Crippen LogP contribution is 2.38. The van der Waals surface area contributed by atoms with Crippen LogP contribution in [0.3, 0.4) is 0 Å². The van der Waals surface area contributed by atoms with Gasteiger partial charge in [-0.25, -0.2) is 0 Å². The standard InChI is InChI=1S/C25H15N3O4/c29-25-20-9-5-8-18(17-7-2-4-11-23(17)28(31)32)24(20)19-13-12-15(14-22(19)26-25)16-6-1-3-10-21(16)27-30/h1-14H,(H,26,29)/p+1. The molecule has 7 nitrogen and oxygen atoms in total. The van der Waals surface area contributed by atoms with Crippen molar-refractivity contribution in [3.05, 3.63) is 110 Å². The smallest absolute Gasteiger partial charge is 0.277 e. The molecule has 154 valence electrons. The Morgan fingerprint density at radius 1 is 0.781 bits per heavy atom. The second kappa shape index (κ2) is 7.55. The lowest BCUT2D eigenvalue weighted by atomic mass is 9.93. The summed E-state index contributed by atoms with van der Waals surface area (Å²) in [6.07, 6.45) is 0. The van der Waals surface area contributed by atoms with Crippen LogP contribution in [-0.4, -0.2) is 9.91 Å². The minimum absolute atomic E-state index is 0.0273. The number of benzene rings is 4. The summed E-state index contributed by atoms with van der Waals surface area (Å²) in [6, 6.07) is 24.3. The van der Waals surface area contributed by atoms with Crippen molar-refractivity contribution in [2.45, 2.75) is 0 Å². The summed E-state index contributed by atoms with van der Waals surface area (Å²) in [6.45, 7) is 0. The van der Waals surface area contributed by atoms with E-state index in [0.29, 0.717) is 38.7 Å². The Kier molecular flexibility index (Phi) is 4.56. The van der Waals surface area contributed by atoms with Gasteiger partial charge in [-0.15, -0.1) is 0 Å². The largest absolute Gasteiger partial charge is 0.321 e. The number of hydrogen-bond donors (Lipinski definition) is 2. The minimum atomic E-state index is -0.422. The Hall–Kier alpha value is -4.65. The molecular weight excluding hydrogens is 406 g/mol. The normalized spacial score (nSPS) is 11.0. The number of nitro benzene ring substituents is 1. The topological polar surface area (TPSA) is 107 Å². The van der Waals surface area contributed by atoms with Crippen LogP contribution in [0.2, 0.25) is 0 Å². The van der Waals surface area contributed by atoms with Gasteiger partial charge in [-0.2, -0.15) is 0 Å². The number of nitroso groups, excluding NO2 is 1. The fraction of sp³-hybridized carbons (Fsp3) is 0. The summed E-state index contributed by atoms with van der Waals surface area (Å²) < 4.78 is 0. The van der Waals surface area contributed by atoms with Crippen molar-refractivity contribution < 1.29 is 10.1 Å². The predicted molar refractivity (Wildman–Crippen MR) is 124 cm³/mol. The highest BCUT2D eigenvalue weighted by Gasteiger charge is 2.19. The number of para-hydroxylation sites is 2. The van der Waals surface area contributed by atoms with Crippen LogP contribution in [0.15, 0.2) is 89.7 Å². The van der Waals surface area contributed by atoms with Gasteiger partial charge in [0.25, 0.3) is 16.9 Å². The van der Waals surface area contributed by atoms with Gasteiger partial charge in [0.2, 0.25) is 0 Å². The van der Waals surface area contributed by atoms with E-state index in [1.807, 2.05) is 35.5 Å². The monoisotopic (exact) mass is 422 g/mol. The molecule has 0 amide bonds.